The summed E-state index contributed by atoms with van der Waals surface area (Å²) in [6, 6.07) is 18.4. The van der Waals surface area contributed by atoms with Crippen molar-refractivity contribution in [2.24, 2.45) is 5.73 Å². The topological polar surface area (TPSA) is 133 Å². The van der Waals surface area contributed by atoms with E-state index in [1.165, 1.54) is 7.11 Å². The number of rotatable bonds is 9. The predicted molar refractivity (Wildman–Crippen MR) is 133 cm³/mol. The molecule has 0 radical (unpaired) electrons. The fraction of sp³-hybridized carbons (Fsp3) is 0.167. The van der Waals surface area contributed by atoms with Gasteiger partial charge in [-0.2, -0.15) is 8.42 Å². The highest BCUT2D eigenvalue weighted by molar-refractivity contribution is 7.88. The molecule has 0 unspecified atom stereocenters. The third-order valence-electron chi connectivity index (χ3n) is 5.36. The van der Waals surface area contributed by atoms with E-state index in [9.17, 15) is 13.2 Å². The van der Waals surface area contributed by atoms with Crippen LogP contribution in [-0.4, -0.2) is 33.5 Å². The van der Waals surface area contributed by atoms with Crippen LogP contribution in [0, 0.1) is 0 Å². The number of benzene rings is 3. The second-order valence-electron chi connectivity index (χ2n) is 7.55. The van der Waals surface area contributed by atoms with Gasteiger partial charge in [-0.15, -0.1) is 0 Å². The molecule has 4 N–H and O–H groups in total. The van der Waals surface area contributed by atoms with Gasteiger partial charge in [0.25, 0.3) is 0 Å². The fourth-order valence-electron chi connectivity index (χ4n) is 3.75. The maximum absolute atomic E-state index is 11.7. The number of carbonyl (C=O) groups excluding carboxylic acids is 1. The number of nitrogens with two attached hydrogens (primary N) is 1. The van der Waals surface area contributed by atoms with Gasteiger partial charge >= 0.3 is 10.3 Å². The molecule has 176 valence electrons. The van der Waals surface area contributed by atoms with Gasteiger partial charge in [0.2, 0.25) is 5.91 Å². The van der Waals surface area contributed by atoms with Crippen LogP contribution < -0.4 is 20.5 Å². The summed E-state index contributed by atoms with van der Waals surface area (Å²) in [5.41, 5.74) is 9.57. The largest absolute Gasteiger partial charge is 0.494 e. The molecule has 0 aliphatic rings. The first-order valence-corrected chi connectivity index (χ1v) is 11.8. The van der Waals surface area contributed by atoms with E-state index in [0.29, 0.717) is 23.5 Å². The van der Waals surface area contributed by atoms with Crippen molar-refractivity contribution in [2.75, 3.05) is 24.3 Å². The summed E-state index contributed by atoms with van der Waals surface area (Å²) < 4.78 is 35.8. The maximum atomic E-state index is 11.7. The number of para-hydroxylation sites is 2. The number of nitrogens with zero attached hydrogens (tertiary/aromatic N) is 1. The highest BCUT2D eigenvalue weighted by Crippen LogP contribution is 2.38. The van der Waals surface area contributed by atoms with Gasteiger partial charge < -0.3 is 15.8 Å². The third kappa shape index (κ3) is 4.87. The lowest BCUT2D eigenvalue weighted by molar-refractivity contribution is -0.117. The Balaban J connectivity index is 1.83. The summed E-state index contributed by atoms with van der Waals surface area (Å²) in [5.74, 6) is 0.0558. The van der Waals surface area contributed by atoms with Crippen LogP contribution in [0.5, 0.6) is 5.75 Å². The average Bonchev–Trinajstić information content (AvgIpc) is 2.83. The molecule has 0 atom stereocenters. The molecule has 4 aromatic rings. The van der Waals surface area contributed by atoms with Gasteiger partial charge in [0, 0.05) is 23.3 Å². The number of primary amides is 1. The molecule has 0 saturated heterocycles. The molecule has 34 heavy (non-hydrogen) atoms. The fourth-order valence-corrected chi connectivity index (χ4v) is 4.25. The Morgan fingerprint density at radius 1 is 1.03 bits per heavy atom. The van der Waals surface area contributed by atoms with E-state index in [1.54, 1.807) is 18.2 Å². The standard InChI is InChI=1S/C24H24N4O5S/c1-32-21-14-16(28-34(30,31)33-2)11-12-20(21)27-24-17-7-3-4-9-19(17)26-23-15(10-13-22(25)29)6-5-8-18(23)24/h3-9,11-12,14,28H,10,13H2,1-2H3,(H2,25,29)(H,26,27). The van der Waals surface area contributed by atoms with Crippen LogP contribution in [0.1, 0.15) is 12.0 Å². The minimum absolute atomic E-state index is 0.225. The van der Waals surface area contributed by atoms with Crippen molar-refractivity contribution in [3.05, 3.63) is 66.2 Å². The number of pyridine rings is 1. The van der Waals surface area contributed by atoms with Crippen LogP contribution in [0.15, 0.2) is 60.7 Å². The van der Waals surface area contributed by atoms with Crippen molar-refractivity contribution in [1.29, 1.82) is 0 Å². The Kier molecular flexibility index (Phi) is 6.53. The molecular formula is C24H24N4O5S. The molecule has 0 spiro atoms. The Bertz CT molecular complexity index is 1490. The molecular weight excluding hydrogens is 456 g/mol. The number of hydrogen-bond donors (Lipinski definition) is 3. The monoisotopic (exact) mass is 480 g/mol. The van der Waals surface area contributed by atoms with Crippen LogP contribution in [0.4, 0.5) is 17.1 Å². The molecule has 1 heterocycles. The minimum atomic E-state index is -3.91. The SMILES string of the molecule is COc1cc(NS(=O)(=O)OC)ccc1Nc1c2ccccc2nc2c(CCC(N)=O)cccc12. The van der Waals surface area contributed by atoms with E-state index in [4.69, 9.17) is 15.5 Å². The summed E-state index contributed by atoms with van der Waals surface area (Å²) >= 11 is 0. The number of aryl methyl sites for hydroxylation is 1. The van der Waals surface area contributed by atoms with Gasteiger partial charge in [-0.1, -0.05) is 36.4 Å². The summed E-state index contributed by atoms with van der Waals surface area (Å²) in [4.78, 5) is 16.2. The first kappa shape index (κ1) is 23.3. The smallest absolute Gasteiger partial charge is 0.359 e. The number of amides is 1. The molecule has 0 fully saturated rings. The van der Waals surface area contributed by atoms with Gasteiger partial charge in [0.1, 0.15) is 5.75 Å². The van der Waals surface area contributed by atoms with Crippen molar-refractivity contribution in [3.8, 4) is 5.75 Å². The first-order chi connectivity index (χ1) is 16.3. The highest BCUT2D eigenvalue weighted by atomic mass is 32.2. The Morgan fingerprint density at radius 3 is 2.53 bits per heavy atom. The molecule has 10 heteroatoms. The van der Waals surface area contributed by atoms with Gasteiger partial charge in [-0.3, -0.25) is 13.7 Å². The lowest BCUT2D eigenvalue weighted by Crippen LogP contribution is -2.13. The van der Waals surface area contributed by atoms with Crippen molar-refractivity contribution >= 4 is 55.1 Å². The van der Waals surface area contributed by atoms with Crippen LogP contribution in [0.3, 0.4) is 0 Å². The zero-order chi connectivity index (χ0) is 24.3. The lowest BCUT2D eigenvalue weighted by atomic mass is 10.0. The number of carbonyl (C=O) groups is 1. The number of nitrogens with one attached hydrogen (secondary N) is 2. The highest BCUT2D eigenvalue weighted by Gasteiger charge is 2.16. The second-order valence-corrected chi connectivity index (χ2v) is 8.99. The lowest BCUT2D eigenvalue weighted by Gasteiger charge is -2.17. The zero-order valence-electron chi connectivity index (χ0n) is 18.7. The van der Waals surface area contributed by atoms with Crippen LogP contribution in [-0.2, 0) is 25.7 Å². The van der Waals surface area contributed by atoms with Gasteiger partial charge in [-0.25, -0.2) is 4.98 Å². The summed E-state index contributed by atoms with van der Waals surface area (Å²) in [7, 11) is -1.33. The van der Waals surface area contributed by atoms with E-state index in [2.05, 4.69) is 14.2 Å². The Morgan fingerprint density at radius 2 is 1.79 bits per heavy atom. The Hall–Kier alpha value is -3.89. The molecule has 1 amide bonds. The van der Waals surface area contributed by atoms with E-state index in [1.807, 2.05) is 42.5 Å². The van der Waals surface area contributed by atoms with E-state index < -0.39 is 10.3 Å². The van der Waals surface area contributed by atoms with Crippen LogP contribution in [0.2, 0.25) is 0 Å². The minimum Gasteiger partial charge on any atom is -0.494 e. The van der Waals surface area contributed by atoms with E-state index in [-0.39, 0.29) is 12.3 Å². The van der Waals surface area contributed by atoms with E-state index >= 15 is 0 Å². The van der Waals surface area contributed by atoms with Gasteiger partial charge in [-0.05, 0) is 30.2 Å². The van der Waals surface area contributed by atoms with Crippen molar-refractivity contribution in [3.63, 3.8) is 0 Å². The molecule has 0 bridgehead atoms. The molecule has 1 aromatic heterocycles. The van der Waals surface area contributed by atoms with E-state index in [0.717, 1.165) is 40.2 Å². The average molecular weight is 481 g/mol. The van der Waals surface area contributed by atoms with Crippen LogP contribution in [0.25, 0.3) is 21.8 Å². The van der Waals surface area contributed by atoms with Crippen molar-refractivity contribution in [2.45, 2.75) is 12.8 Å². The number of aromatic nitrogens is 1. The quantitative estimate of drug-likeness (QED) is 0.310. The number of methoxy groups -OCH3 is 1. The molecule has 9 nitrogen and oxygen atoms in total. The normalized spacial score (nSPS) is 11.5. The maximum Gasteiger partial charge on any atom is 0.359 e. The summed E-state index contributed by atoms with van der Waals surface area (Å²) in [6.07, 6.45) is 0.707. The third-order valence-corrected chi connectivity index (χ3v) is 6.28. The second kappa shape index (κ2) is 9.54. The van der Waals surface area contributed by atoms with Crippen molar-refractivity contribution in [1.82, 2.24) is 4.98 Å². The summed E-state index contributed by atoms with van der Waals surface area (Å²) in [5, 5.41) is 5.20. The molecule has 0 aliphatic heterocycles. The molecule has 3 aromatic carbocycles. The van der Waals surface area contributed by atoms with Gasteiger partial charge in [0.05, 0.1) is 42.3 Å². The number of hydrogen-bond acceptors (Lipinski definition) is 7. The number of fused-ring (bicyclic) bond motifs is 2. The zero-order valence-corrected chi connectivity index (χ0v) is 19.5. The van der Waals surface area contributed by atoms with Crippen LogP contribution >= 0.6 is 0 Å². The molecule has 0 saturated carbocycles. The molecule has 0 aliphatic carbocycles. The molecule has 4 rings (SSSR count). The van der Waals surface area contributed by atoms with Crippen molar-refractivity contribution < 1.29 is 22.1 Å². The number of anilines is 3. The Labute approximate surface area is 197 Å². The summed E-state index contributed by atoms with van der Waals surface area (Å²) in [6.45, 7) is 0. The number of ether oxygens (including phenoxy) is 1. The van der Waals surface area contributed by atoms with Gasteiger partial charge in [0.15, 0.2) is 0 Å². The first-order valence-electron chi connectivity index (χ1n) is 10.4. The predicted octanol–water partition coefficient (Wildman–Crippen LogP) is 3.86.